The fraction of sp³-hybridized carbons (Fsp3) is 0.500. The van der Waals surface area contributed by atoms with Crippen LogP contribution in [0.4, 0.5) is 4.79 Å². The number of carbonyl (C=O) groups excluding carboxylic acids is 1. The van der Waals surface area contributed by atoms with Gasteiger partial charge in [-0.2, -0.15) is 0 Å². The summed E-state index contributed by atoms with van der Waals surface area (Å²) in [6.07, 6.45) is 0. The second-order valence-electron chi connectivity index (χ2n) is 4.82. The van der Waals surface area contributed by atoms with Gasteiger partial charge in [-0.25, -0.2) is 4.79 Å². The Bertz CT molecular complexity index is 403. The molecule has 0 saturated heterocycles. The Balaban J connectivity index is 2.28. The Labute approximate surface area is 109 Å². The largest absolute Gasteiger partial charge is 0.473 e. The standard InChI is InChI=1S/C14H22N2O2/c1-10(2)8-15-14(17)16-9-18-13-6-5-11(3)12(4)7-13/h5-7,10H,8-9H2,1-4H3,(H2,15,16,17). The molecule has 1 aromatic carbocycles. The summed E-state index contributed by atoms with van der Waals surface area (Å²) >= 11 is 0. The molecule has 0 heterocycles. The van der Waals surface area contributed by atoms with Crippen molar-refractivity contribution in [2.24, 2.45) is 5.92 Å². The summed E-state index contributed by atoms with van der Waals surface area (Å²) in [4.78, 5) is 11.4. The van der Waals surface area contributed by atoms with Crippen molar-refractivity contribution in [2.45, 2.75) is 27.7 Å². The predicted molar refractivity (Wildman–Crippen MR) is 72.8 cm³/mol. The predicted octanol–water partition coefficient (Wildman–Crippen LogP) is 2.59. The minimum Gasteiger partial charge on any atom is -0.473 e. The topological polar surface area (TPSA) is 50.4 Å². The zero-order chi connectivity index (χ0) is 13.5. The maximum absolute atomic E-state index is 11.4. The highest BCUT2D eigenvalue weighted by Gasteiger charge is 2.01. The van der Waals surface area contributed by atoms with Crippen LogP contribution in [-0.4, -0.2) is 19.3 Å². The lowest BCUT2D eigenvalue weighted by molar-refractivity contribution is 0.223. The van der Waals surface area contributed by atoms with E-state index in [1.165, 1.54) is 11.1 Å². The third kappa shape index (κ3) is 5.08. The number of aryl methyl sites for hydroxylation is 2. The summed E-state index contributed by atoms with van der Waals surface area (Å²) in [6, 6.07) is 5.66. The van der Waals surface area contributed by atoms with E-state index in [2.05, 4.69) is 17.6 Å². The molecular weight excluding hydrogens is 228 g/mol. The van der Waals surface area contributed by atoms with Crippen molar-refractivity contribution in [3.63, 3.8) is 0 Å². The van der Waals surface area contributed by atoms with Crippen molar-refractivity contribution in [1.29, 1.82) is 0 Å². The number of ether oxygens (including phenoxy) is 1. The van der Waals surface area contributed by atoms with Gasteiger partial charge in [0.25, 0.3) is 0 Å². The summed E-state index contributed by atoms with van der Waals surface area (Å²) < 4.78 is 5.45. The van der Waals surface area contributed by atoms with E-state index in [4.69, 9.17) is 4.74 Å². The molecule has 1 aromatic rings. The molecule has 4 nitrogen and oxygen atoms in total. The molecule has 4 heteroatoms. The summed E-state index contributed by atoms with van der Waals surface area (Å²) in [7, 11) is 0. The normalized spacial score (nSPS) is 10.3. The molecule has 2 amide bonds. The monoisotopic (exact) mass is 250 g/mol. The molecule has 0 aliphatic heterocycles. The molecule has 0 aliphatic rings. The quantitative estimate of drug-likeness (QED) is 0.789. The first-order chi connectivity index (χ1) is 8.49. The fourth-order valence-electron chi connectivity index (χ4n) is 1.35. The average Bonchev–Trinajstić information content (AvgIpc) is 2.31. The molecular formula is C14H22N2O2. The van der Waals surface area contributed by atoms with Crippen molar-refractivity contribution in [1.82, 2.24) is 10.6 Å². The van der Waals surface area contributed by atoms with Gasteiger partial charge in [0.05, 0.1) is 0 Å². The molecule has 0 aromatic heterocycles. The molecule has 100 valence electrons. The Morgan fingerprint density at radius 2 is 1.94 bits per heavy atom. The Hall–Kier alpha value is -1.71. The molecule has 0 saturated carbocycles. The molecule has 2 N–H and O–H groups in total. The molecule has 0 aliphatic carbocycles. The highest BCUT2D eigenvalue weighted by Crippen LogP contribution is 2.15. The summed E-state index contributed by atoms with van der Waals surface area (Å²) in [5, 5.41) is 5.41. The first-order valence-corrected chi connectivity index (χ1v) is 6.21. The van der Waals surface area contributed by atoms with Crippen molar-refractivity contribution < 1.29 is 9.53 Å². The number of rotatable bonds is 5. The van der Waals surface area contributed by atoms with Gasteiger partial charge in [0.2, 0.25) is 0 Å². The van der Waals surface area contributed by atoms with E-state index in [0.717, 1.165) is 5.75 Å². The number of urea groups is 1. The number of amides is 2. The number of nitrogens with one attached hydrogen (secondary N) is 2. The third-order valence-electron chi connectivity index (χ3n) is 2.62. The minimum absolute atomic E-state index is 0.173. The van der Waals surface area contributed by atoms with Gasteiger partial charge in [-0.3, -0.25) is 0 Å². The maximum Gasteiger partial charge on any atom is 0.317 e. The maximum atomic E-state index is 11.4. The van der Waals surface area contributed by atoms with Gasteiger partial charge >= 0.3 is 6.03 Å². The zero-order valence-electron chi connectivity index (χ0n) is 11.5. The Kier molecular flexibility index (Phi) is 5.49. The van der Waals surface area contributed by atoms with Gasteiger partial charge in [-0.05, 0) is 43.0 Å². The van der Waals surface area contributed by atoms with Gasteiger partial charge in [-0.1, -0.05) is 19.9 Å². The molecule has 0 radical (unpaired) electrons. The van der Waals surface area contributed by atoms with Crippen LogP contribution in [0.2, 0.25) is 0 Å². The van der Waals surface area contributed by atoms with E-state index in [1.807, 2.05) is 39.0 Å². The number of benzene rings is 1. The van der Waals surface area contributed by atoms with Gasteiger partial charge in [-0.15, -0.1) is 0 Å². The summed E-state index contributed by atoms with van der Waals surface area (Å²) in [6.45, 7) is 9.02. The highest BCUT2D eigenvalue weighted by molar-refractivity contribution is 5.73. The Morgan fingerprint density at radius 3 is 2.56 bits per heavy atom. The van der Waals surface area contributed by atoms with Crippen LogP contribution in [0.25, 0.3) is 0 Å². The van der Waals surface area contributed by atoms with Crippen LogP contribution >= 0.6 is 0 Å². The molecule has 0 unspecified atom stereocenters. The zero-order valence-corrected chi connectivity index (χ0v) is 11.5. The molecule has 0 bridgehead atoms. The highest BCUT2D eigenvalue weighted by atomic mass is 16.5. The molecule has 0 spiro atoms. The molecule has 0 atom stereocenters. The van der Waals surface area contributed by atoms with Crippen LogP contribution in [0.1, 0.15) is 25.0 Å². The molecule has 0 fully saturated rings. The Morgan fingerprint density at radius 1 is 1.22 bits per heavy atom. The first-order valence-electron chi connectivity index (χ1n) is 6.21. The number of hydrogen-bond acceptors (Lipinski definition) is 2. The van der Waals surface area contributed by atoms with Gasteiger partial charge in [0, 0.05) is 6.54 Å². The second-order valence-corrected chi connectivity index (χ2v) is 4.82. The lowest BCUT2D eigenvalue weighted by Gasteiger charge is -2.11. The van der Waals surface area contributed by atoms with Gasteiger partial charge in [0.1, 0.15) is 5.75 Å². The van der Waals surface area contributed by atoms with E-state index < -0.39 is 0 Å². The summed E-state index contributed by atoms with van der Waals surface area (Å²) in [5.74, 6) is 1.21. The van der Waals surface area contributed by atoms with Crippen LogP contribution in [0, 0.1) is 19.8 Å². The van der Waals surface area contributed by atoms with E-state index in [1.54, 1.807) is 0 Å². The van der Waals surface area contributed by atoms with Crippen LogP contribution in [-0.2, 0) is 0 Å². The molecule has 18 heavy (non-hydrogen) atoms. The van der Waals surface area contributed by atoms with Crippen LogP contribution in [0.15, 0.2) is 18.2 Å². The SMILES string of the molecule is Cc1ccc(OCNC(=O)NCC(C)C)cc1C. The average molecular weight is 250 g/mol. The number of carbonyl (C=O) groups is 1. The minimum atomic E-state index is -0.201. The second kappa shape index (κ2) is 6.89. The third-order valence-corrected chi connectivity index (χ3v) is 2.62. The lowest BCUT2D eigenvalue weighted by atomic mass is 10.1. The van der Waals surface area contributed by atoms with Gasteiger partial charge in [0.15, 0.2) is 6.73 Å². The van der Waals surface area contributed by atoms with Crippen molar-refractivity contribution in [2.75, 3.05) is 13.3 Å². The van der Waals surface area contributed by atoms with E-state index in [-0.39, 0.29) is 12.8 Å². The first kappa shape index (κ1) is 14.4. The smallest absolute Gasteiger partial charge is 0.317 e. The molecule has 1 rings (SSSR count). The van der Waals surface area contributed by atoms with E-state index >= 15 is 0 Å². The lowest BCUT2D eigenvalue weighted by Crippen LogP contribution is -2.39. The van der Waals surface area contributed by atoms with Crippen molar-refractivity contribution >= 4 is 6.03 Å². The van der Waals surface area contributed by atoms with Crippen molar-refractivity contribution in [3.8, 4) is 5.75 Å². The van der Waals surface area contributed by atoms with E-state index in [0.29, 0.717) is 12.5 Å². The number of hydrogen-bond donors (Lipinski definition) is 2. The fourth-order valence-corrected chi connectivity index (χ4v) is 1.35. The summed E-state index contributed by atoms with van der Waals surface area (Å²) in [5.41, 5.74) is 2.40. The van der Waals surface area contributed by atoms with Gasteiger partial charge < -0.3 is 15.4 Å². The van der Waals surface area contributed by atoms with E-state index in [9.17, 15) is 4.79 Å². The van der Waals surface area contributed by atoms with Crippen LogP contribution < -0.4 is 15.4 Å². The van der Waals surface area contributed by atoms with Crippen LogP contribution in [0.5, 0.6) is 5.75 Å². The van der Waals surface area contributed by atoms with Crippen molar-refractivity contribution in [3.05, 3.63) is 29.3 Å². The van der Waals surface area contributed by atoms with Crippen LogP contribution in [0.3, 0.4) is 0 Å².